The second-order valence-corrected chi connectivity index (χ2v) is 13.2. The Hall–Kier alpha value is -5.13. The minimum Gasteiger partial charge on any atom is -0.448 e. The summed E-state index contributed by atoms with van der Waals surface area (Å²) in [6, 6.07) is 34.9. The van der Waals surface area contributed by atoms with Crippen molar-refractivity contribution in [3.63, 3.8) is 0 Å². The molecule has 3 N–H and O–H groups in total. The van der Waals surface area contributed by atoms with Crippen LogP contribution in [0.1, 0.15) is 22.8 Å². The molecule has 3 heterocycles. The van der Waals surface area contributed by atoms with Gasteiger partial charge in [0, 0.05) is 16.0 Å². The number of hydrogen-bond acceptors (Lipinski definition) is 9. The van der Waals surface area contributed by atoms with E-state index < -0.39 is 23.5 Å². The molecule has 1 unspecified atom stereocenters. The van der Waals surface area contributed by atoms with Crippen molar-refractivity contribution in [3.8, 4) is 0 Å². The smallest absolute Gasteiger partial charge is 0.356 e. The van der Waals surface area contributed by atoms with Crippen molar-refractivity contribution in [1.29, 1.82) is 0 Å². The first-order chi connectivity index (χ1) is 23.0. The highest BCUT2D eigenvalue weighted by Gasteiger charge is 2.55. The summed E-state index contributed by atoms with van der Waals surface area (Å²) in [4.78, 5) is 52.1. The number of thioether (sulfide) groups is 2. The zero-order valence-electron chi connectivity index (χ0n) is 25.0. The van der Waals surface area contributed by atoms with Crippen LogP contribution in [0.25, 0.3) is 10.9 Å². The van der Waals surface area contributed by atoms with E-state index >= 15 is 0 Å². The van der Waals surface area contributed by atoms with Crippen LogP contribution in [0, 0.1) is 0 Å². The van der Waals surface area contributed by atoms with Crippen molar-refractivity contribution in [2.45, 2.75) is 29.1 Å². The van der Waals surface area contributed by atoms with Gasteiger partial charge in [0.1, 0.15) is 22.9 Å². The van der Waals surface area contributed by atoms with Crippen LogP contribution in [-0.4, -0.2) is 49.8 Å². The average molecular weight is 660 g/mol. The van der Waals surface area contributed by atoms with E-state index in [-0.39, 0.29) is 23.9 Å². The number of para-hydroxylation sites is 1. The Balaban J connectivity index is 1.21. The lowest BCUT2D eigenvalue weighted by Gasteiger charge is -2.49. The van der Waals surface area contributed by atoms with E-state index in [0.717, 1.165) is 22.1 Å². The van der Waals surface area contributed by atoms with Gasteiger partial charge in [0.15, 0.2) is 11.3 Å². The Bertz CT molecular complexity index is 1950. The third-order valence-electron chi connectivity index (χ3n) is 7.91. The molecule has 2 aliphatic rings. The van der Waals surface area contributed by atoms with Crippen molar-refractivity contribution in [3.05, 3.63) is 143 Å². The molecule has 2 atom stereocenters. The Morgan fingerprint density at radius 1 is 0.894 bits per heavy atom. The van der Waals surface area contributed by atoms with Gasteiger partial charge in [-0.15, -0.1) is 11.8 Å². The van der Waals surface area contributed by atoms with Gasteiger partial charge in [-0.05, 0) is 28.8 Å². The number of hydrogen-bond donors (Lipinski definition) is 2. The number of rotatable bonds is 9. The highest BCUT2D eigenvalue weighted by atomic mass is 32.2. The molecule has 0 spiro atoms. The summed E-state index contributed by atoms with van der Waals surface area (Å²) in [6.07, 6.45) is -0.577. The van der Waals surface area contributed by atoms with E-state index in [2.05, 4.69) is 15.3 Å². The maximum absolute atomic E-state index is 14.3. The third kappa shape index (κ3) is 6.32. The fourth-order valence-electron chi connectivity index (χ4n) is 5.65. The molecule has 5 aromatic rings. The number of carbonyl (C=O) groups is 3. The van der Waals surface area contributed by atoms with Crippen LogP contribution in [0.5, 0.6) is 0 Å². The first-order valence-electron chi connectivity index (χ1n) is 15.0. The molecule has 1 saturated heterocycles. The van der Waals surface area contributed by atoms with Crippen LogP contribution in [0.3, 0.4) is 0 Å². The van der Waals surface area contributed by atoms with E-state index in [1.807, 2.05) is 115 Å². The minimum absolute atomic E-state index is 0.115. The summed E-state index contributed by atoms with van der Waals surface area (Å²) in [7, 11) is 0. The Morgan fingerprint density at radius 3 is 2.19 bits per heavy atom. The molecule has 11 heteroatoms. The molecule has 1 fully saturated rings. The maximum Gasteiger partial charge on any atom is 0.356 e. The summed E-state index contributed by atoms with van der Waals surface area (Å²) in [5.41, 5.74) is 9.47. The average Bonchev–Trinajstić information content (AvgIpc) is 3.10. The Morgan fingerprint density at radius 2 is 1.51 bits per heavy atom. The largest absolute Gasteiger partial charge is 0.448 e. The maximum atomic E-state index is 14.3. The van der Waals surface area contributed by atoms with E-state index in [9.17, 15) is 14.4 Å². The van der Waals surface area contributed by atoms with Crippen LogP contribution in [0.2, 0.25) is 0 Å². The molecule has 2 aliphatic heterocycles. The summed E-state index contributed by atoms with van der Waals surface area (Å²) in [6.45, 7) is 0. The zero-order valence-corrected chi connectivity index (χ0v) is 26.6. The predicted octanol–water partition coefficient (Wildman–Crippen LogP) is 5.49. The molecule has 1 aromatic heterocycles. The van der Waals surface area contributed by atoms with E-state index in [4.69, 9.17) is 10.5 Å². The number of nitrogen functional groups attached to an aromatic ring is 1. The monoisotopic (exact) mass is 659 g/mol. The van der Waals surface area contributed by atoms with Crippen molar-refractivity contribution >= 4 is 58.0 Å². The van der Waals surface area contributed by atoms with Crippen LogP contribution in [0.15, 0.2) is 131 Å². The Kier molecular flexibility index (Phi) is 8.64. The van der Waals surface area contributed by atoms with Crippen LogP contribution < -0.4 is 11.1 Å². The summed E-state index contributed by atoms with van der Waals surface area (Å²) < 4.78 is 6.25. The second kappa shape index (κ2) is 13.3. The first kappa shape index (κ1) is 30.5. The van der Waals surface area contributed by atoms with Gasteiger partial charge < -0.3 is 15.8 Å². The van der Waals surface area contributed by atoms with Crippen molar-refractivity contribution in [1.82, 2.24) is 20.2 Å². The summed E-state index contributed by atoms with van der Waals surface area (Å²) in [5, 5.41) is 3.48. The topological polar surface area (TPSA) is 128 Å². The molecule has 7 rings (SSSR count). The van der Waals surface area contributed by atoms with E-state index in [1.54, 1.807) is 0 Å². The van der Waals surface area contributed by atoms with Gasteiger partial charge >= 0.3 is 5.97 Å². The highest BCUT2D eigenvalue weighted by molar-refractivity contribution is 8.06. The van der Waals surface area contributed by atoms with E-state index in [1.165, 1.54) is 28.4 Å². The highest BCUT2D eigenvalue weighted by Crippen LogP contribution is 2.46. The quantitative estimate of drug-likeness (QED) is 0.120. The van der Waals surface area contributed by atoms with Crippen molar-refractivity contribution in [2.24, 2.45) is 0 Å². The molecular weight excluding hydrogens is 631 g/mol. The summed E-state index contributed by atoms with van der Waals surface area (Å²) >= 11 is 2.64. The van der Waals surface area contributed by atoms with Crippen LogP contribution in [0.4, 0.5) is 5.82 Å². The summed E-state index contributed by atoms with van der Waals surface area (Å²) in [5.74, 6) is -0.628. The number of nitrogens with one attached hydrogen (secondary N) is 1. The lowest BCUT2D eigenvalue weighted by atomic mass is 10.0. The van der Waals surface area contributed by atoms with Gasteiger partial charge in [0.25, 0.3) is 5.91 Å². The number of carbonyl (C=O) groups excluding carboxylic acids is 3. The number of β-lactam (4-membered cyclic amide) rings is 1. The lowest BCUT2D eigenvalue weighted by Crippen LogP contribution is -2.70. The van der Waals surface area contributed by atoms with Gasteiger partial charge in [-0.1, -0.05) is 115 Å². The van der Waals surface area contributed by atoms with E-state index in [0.29, 0.717) is 27.1 Å². The number of ether oxygens (including phenoxy) is 1. The standard InChI is InChI=1S/C36H29N5O4S2/c37-32-25-18-10-11-19-26(25)38-36(40-32)47-27-21-46-34-29(39-28(42)20-22-12-4-1-5-13-22)33(43)41(34)30(27)35(44)45-31(23-14-6-2-7-15-23)24-16-8-3-9-17-24/h1-19,29,31,34H,20-21H2,(H,39,42)(H2,37,38,40)/t29?,34-/m1/s1. The van der Waals surface area contributed by atoms with Crippen molar-refractivity contribution in [2.75, 3.05) is 11.5 Å². The van der Waals surface area contributed by atoms with Gasteiger partial charge in [-0.3, -0.25) is 14.5 Å². The molecule has 0 saturated carbocycles. The minimum atomic E-state index is -0.780. The van der Waals surface area contributed by atoms with Crippen LogP contribution >= 0.6 is 23.5 Å². The molecule has 234 valence electrons. The molecule has 2 amide bonds. The fraction of sp³-hybridized carbons (Fsp3) is 0.139. The number of fused-ring (bicyclic) bond motifs is 2. The first-order valence-corrected chi connectivity index (χ1v) is 16.8. The van der Waals surface area contributed by atoms with Gasteiger partial charge in [-0.25, -0.2) is 14.8 Å². The third-order valence-corrected chi connectivity index (χ3v) is 10.3. The number of esters is 1. The fourth-order valence-corrected chi connectivity index (χ4v) is 8.07. The number of amides is 2. The molecule has 0 radical (unpaired) electrons. The normalized spacial score (nSPS) is 17.3. The second-order valence-electron chi connectivity index (χ2n) is 11.0. The molecular formula is C36H29N5O4S2. The number of benzene rings is 4. The molecule has 9 nitrogen and oxygen atoms in total. The van der Waals surface area contributed by atoms with Gasteiger partial charge in [0.05, 0.1) is 11.9 Å². The number of anilines is 1. The molecule has 0 bridgehead atoms. The van der Waals surface area contributed by atoms with Gasteiger partial charge in [0.2, 0.25) is 5.91 Å². The predicted molar refractivity (Wildman–Crippen MR) is 183 cm³/mol. The molecule has 4 aromatic carbocycles. The zero-order chi connectivity index (χ0) is 32.3. The van der Waals surface area contributed by atoms with Gasteiger partial charge in [-0.2, -0.15) is 0 Å². The van der Waals surface area contributed by atoms with Crippen molar-refractivity contribution < 1.29 is 19.1 Å². The SMILES string of the molecule is Nc1nc(SC2=C(C(=O)OC(c3ccccc3)c3ccccc3)N3C(=O)C(NC(=O)Cc4ccccc4)[C@H]3SC2)nc2ccccc12. The number of nitrogens with zero attached hydrogens (tertiary/aromatic N) is 3. The number of aromatic nitrogens is 2. The van der Waals surface area contributed by atoms with Crippen LogP contribution in [-0.2, 0) is 25.5 Å². The lowest BCUT2D eigenvalue weighted by molar-refractivity contribution is -0.154. The molecule has 0 aliphatic carbocycles. The Labute approximate surface area is 279 Å². The number of nitrogens with two attached hydrogens (primary N) is 1. The molecule has 47 heavy (non-hydrogen) atoms.